The van der Waals surface area contributed by atoms with Crippen LogP contribution >= 0.6 is 23.1 Å². The standard InChI is InChI=1S/C16H13N3O3S2/c1-9-3-2-4-10(5-9)6-11-8-17-15(23-11)18-13(20)7-12-14(21)19-16(22)24-12/h2-5,7-8H,6H2,1H3,(H,17,18,20)(H,19,21,22)/b12-7+. The van der Waals surface area contributed by atoms with E-state index in [4.69, 9.17) is 0 Å². The number of aryl methyl sites for hydroxylation is 1. The minimum atomic E-state index is -0.556. The number of imide groups is 1. The molecule has 0 saturated carbocycles. The number of anilines is 1. The summed E-state index contributed by atoms with van der Waals surface area (Å²) in [5, 5.41) is 4.68. The fraction of sp³-hybridized carbons (Fsp3) is 0.125. The van der Waals surface area contributed by atoms with Crippen LogP contribution in [0.25, 0.3) is 0 Å². The van der Waals surface area contributed by atoms with Crippen LogP contribution in [-0.4, -0.2) is 22.0 Å². The second kappa shape index (κ2) is 6.98. The van der Waals surface area contributed by atoms with Gasteiger partial charge in [0.1, 0.15) is 0 Å². The number of aromatic nitrogens is 1. The fourth-order valence-corrected chi connectivity index (χ4v) is 3.65. The van der Waals surface area contributed by atoms with Crippen molar-refractivity contribution in [3.05, 3.63) is 57.4 Å². The molecule has 122 valence electrons. The molecule has 1 saturated heterocycles. The summed E-state index contributed by atoms with van der Waals surface area (Å²) >= 11 is 2.08. The number of hydrogen-bond acceptors (Lipinski definition) is 6. The van der Waals surface area contributed by atoms with Gasteiger partial charge in [-0.05, 0) is 24.2 Å². The highest BCUT2D eigenvalue weighted by atomic mass is 32.2. The number of amides is 3. The van der Waals surface area contributed by atoms with E-state index in [1.165, 1.54) is 22.5 Å². The molecule has 2 N–H and O–H groups in total. The predicted molar refractivity (Wildman–Crippen MR) is 93.9 cm³/mol. The predicted octanol–water partition coefficient (Wildman–Crippen LogP) is 2.85. The number of rotatable bonds is 4. The molecule has 8 heteroatoms. The van der Waals surface area contributed by atoms with Crippen LogP contribution in [0, 0.1) is 6.92 Å². The average molecular weight is 359 g/mol. The number of nitrogens with one attached hydrogen (secondary N) is 2. The number of nitrogens with zero attached hydrogens (tertiary/aromatic N) is 1. The van der Waals surface area contributed by atoms with E-state index in [-0.39, 0.29) is 4.91 Å². The van der Waals surface area contributed by atoms with Crippen molar-refractivity contribution < 1.29 is 14.4 Å². The van der Waals surface area contributed by atoms with Gasteiger partial charge in [0.25, 0.3) is 17.1 Å². The zero-order valence-corrected chi connectivity index (χ0v) is 14.3. The van der Waals surface area contributed by atoms with Gasteiger partial charge in [0.05, 0.1) is 4.91 Å². The molecule has 3 rings (SSSR count). The Morgan fingerprint density at radius 2 is 2.21 bits per heavy atom. The van der Waals surface area contributed by atoms with Gasteiger partial charge in [0.2, 0.25) is 0 Å². The summed E-state index contributed by atoms with van der Waals surface area (Å²) in [4.78, 5) is 39.6. The first kappa shape index (κ1) is 16.4. The molecule has 0 spiro atoms. The van der Waals surface area contributed by atoms with Crippen LogP contribution in [0.15, 0.2) is 41.4 Å². The summed E-state index contributed by atoms with van der Waals surface area (Å²) < 4.78 is 0. The number of thiazole rings is 1. The lowest BCUT2D eigenvalue weighted by Crippen LogP contribution is -2.18. The molecule has 1 aromatic carbocycles. The van der Waals surface area contributed by atoms with Gasteiger partial charge in [-0.25, -0.2) is 4.98 Å². The topological polar surface area (TPSA) is 88.2 Å². The van der Waals surface area contributed by atoms with Gasteiger partial charge in [0, 0.05) is 23.6 Å². The maximum atomic E-state index is 11.9. The molecule has 1 aliphatic heterocycles. The summed E-state index contributed by atoms with van der Waals surface area (Å²) in [7, 11) is 0. The highest BCUT2D eigenvalue weighted by molar-refractivity contribution is 8.18. The van der Waals surface area contributed by atoms with Crippen LogP contribution < -0.4 is 10.6 Å². The summed E-state index contributed by atoms with van der Waals surface area (Å²) in [6.07, 6.45) is 3.56. The Hall–Kier alpha value is -2.45. The first-order valence-electron chi connectivity index (χ1n) is 7.06. The van der Waals surface area contributed by atoms with Crippen LogP contribution in [0.4, 0.5) is 9.93 Å². The molecule has 24 heavy (non-hydrogen) atoms. The third-order valence-corrected chi connectivity index (χ3v) is 4.87. The van der Waals surface area contributed by atoms with Crippen LogP contribution in [0.3, 0.4) is 0 Å². The minimum Gasteiger partial charge on any atom is -0.298 e. The van der Waals surface area contributed by atoms with E-state index in [0.717, 1.165) is 17.4 Å². The molecule has 0 atom stereocenters. The smallest absolute Gasteiger partial charge is 0.290 e. The van der Waals surface area contributed by atoms with Crippen molar-refractivity contribution in [3.8, 4) is 0 Å². The Kier molecular flexibility index (Phi) is 4.77. The summed E-state index contributed by atoms with van der Waals surface area (Å²) in [5.74, 6) is -1.04. The molecule has 0 unspecified atom stereocenters. The van der Waals surface area contributed by atoms with E-state index >= 15 is 0 Å². The summed E-state index contributed by atoms with van der Waals surface area (Å²) in [6.45, 7) is 2.04. The van der Waals surface area contributed by atoms with Gasteiger partial charge in [0.15, 0.2) is 5.13 Å². The van der Waals surface area contributed by atoms with Crippen molar-refractivity contribution in [2.24, 2.45) is 0 Å². The Morgan fingerprint density at radius 3 is 2.92 bits per heavy atom. The number of thioether (sulfide) groups is 1. The molecule has 0 bridgehead atoms. The molecular formula is C16H13N3O3S2. The SMILES string of the molecule is Cc1cccc(Cc2cnc(NC(=O)/C=C3/SC(=O)NC3=O)s2)c1. The van der Waals surface area contributed by atoms with Crippen molar-refractivity contribution >= 4 is 45.3 Å². The molecule has 1 fully saturated rings. The van der Waals surface area contributed by atoms with Gasteiger partial charge < -0.3 is 0 Å². The van der Waals surface area contributed by atoms with E-state index in [1.54, 1.807) is 6.20 Å². The third-order valence-electron chi connectivity index (χ3n) is 3.15. The normalized spacial score (nSPS) is 15.6. The van der Waals surface area contributed by atoms with Gasteiger partial charge in [-0.15, -0.1) is 11.3 Å². The lowest BCUT2D eigenvalue weighted by molar-refractivity contribution is -0.116. The van der Waals surface area contributed by atoms with Crippen molar-refractivity contribution in [3.63, 3.8) is 0 Å². The van der Waals surface area contributed by atoms with Gasteiger partial charge in [-0.3, -0.25) is 25.0 Å². The van der Waals surface area contributed by atoms with Crippen molar-refractivity contribution in [1.82, 2.24) is 10.3 Å². The second-order valence-electron chi connectivity index (χ2n) is 5.14. The van der Waals surface area contributed by atoms with Crippen LogP contribution in [-0.2, 0) is 16.0 Å². The highest BCUT2D eigenvalue weighted by Crippen LogP contribution is 2.24. The molecule has 1 aliphatic rings. The van der Waals surface area contributed by atoms with Gasteiger partial charge in [-0.1, -0.05) is 29.8 Å². The second-order valence-corrected chi connectivity index (χ2v) is 7.27. The zero-order chi connectivity index (χ0) is 17.1. The van der Waals surface area contributed by atoms with E-state index in [0.29, 0.717) is 16.9 Å². The Labute approximate surface area is 146 Å². The van der Waals surface area contributed by atoms with Crippen molar-refractivity contribution in [2.45, 2.75) is 13.3 Å². The largest absolute Gasteiger partial charge is 0.298 e. The first-order chi connectivity index (χ1) is 11.5. The molecule has 6 nitrogen and oxygen atoms in total. The Morgan fingerprint density at radius 1 is 1.38 bits per heavy atom. The number of hydrogen-bond donors (Lipinski definition) is 2. The number of carbonyl (C=O) groups is 3. The summed E-state index contributed by atoms with van der Waals surface area (Å²) in [5.41, 5.74) is 2.37. The third kappa shape index (κ3) is 4.09. The van der Waals surface area contributed by atoms with E-state index in [9.17, 15) is 14.4 Å². The molecular weight excluding hydrogens is 346 g/mol. The maximum Gasteiger partial charge on any atom is 0.290 e. The quantitative estimate of drug-likeness (QED) is 0.820. The van der Waals surface area contributed by atoms with Gasteiger partial charge in [-0.2, -0.15) is 0 Å². The monoisotopic (exact) mass is 359 g/mol. The Bertz CT molecular complexity index is 858. The molecule has 2 heterocycles. The fourth-order valence-electron chi connectivity index (χ4n) is 2.15. The number of benzene rings is 1. The summed E-state index contributed by atoms with van der Waals surface area (Å²) in [6, 6.07) is 8.20. The lowest BCUT2D eigenvalue weighted by atomic mass is 10.1. The molecule has 2 aromatic rings. The molecule has 0 radical (unpaired) electrons. The van der Waals surface area contributed by atoms with Gasteiger partial charge >= 0.3 is 0 Å². The molecule has 1 aromatic heterocycles. The first-order valence-corrected chi connectivity index (χ1v) is 8.69. The van der Waals surface area contributed by atoms with Crippen LogP contribution in [0.5, 0.6) is 0 Å². The van der Waals surface area contributed by atoms with E-state index in [2.05, 4.69) is 21.7 Å². The molecule has 0 aliphatic carbocycles. The van der Waals surface area contributed by atoms with Crippen LogP contribution in [0.1, 0.15) is 16.0 Å². The number of carbonyl (C=O) groups excluding carboxylic acids is 3. The Balaban J connectivity index is 1.63. The minimum absolute atomic E-state index is 0.0778. The highest BCUT2D eigenvalue weighted by Gasteiger charge is 2.26. The van der Waals surface area contributed by atoms with Crippen molar-refractivity contribution in [2.75, 3.05) is 5.32 Å². The van der Waals surface area contributed by atoms with Crippen LogP contribution in [0.2, 0.25) is 0 Å². The molecule has 3 amide bonds. The van der Waals surface area contributed by atoms with E-state index < -0.39 is 17.1 Å². The lowest BCUT2D eigenvalue weighted by Gasteiger charge is -1.99. The van der Waals surface area contributed by atoms with Crippen molar-refractivity contribution in [1.29, 1.82) is 0 Å². The maximum absolute atomic E-state index is 11.9. The van der Waals surface area contributed by atoms with E-state index in [1.807, 2.05) is 25.1 Å². The zero-order valence-electron chi connectivity index (χ0n) is 12.7. The average Bonchev–Trinajstić information content (AvgIpc) is 3.05.